The lowest BCUT2D eigenvalue weighted by Crippen LogP contribution is -2.13. The van der Waals surface area contributed by atoms with Crippen molar-refractivity contribution in [2.45, 2.75) is 13.1 Å². The molecule has 0 unspecified atom stereocenters. The highest BCUT2D eigenvalue weighted by Crippen LogP contribution is 2.06. The van der Waals surface area contributed by atoms with E-state index < -0.39 is 0 Å². The molecule has 94 valence electrons. The van der Waals surface area contributed by atoms with E-state index >= 15 is 0 Å². The van der Waals surface area contributed by atoms with Crippen LogP contribution >= 0.6 is 11.3 Å². The zero-order chi connectivity index (χ0) is 12.8. The Labute approximate surface area is 110 Å². The predicted molar refractivity (Wildman–Crippen MR) is 70.4 cm³/mol. The minimum Gasteiger partial charge on any atom is -0.465 e. The summed E-state index contributed by atoms with van der Waals surface area (Å²) in [4.78, 5) is 15.4. The van der Waals surface area contributed by atoms with Crippen LogP contribution in [0.5, 0.6) is 0 Å². The number of ether oxygens (including phenoxy) is 1. The van der Waals surface area contributed by atoms with Crippen molar-refractivity contribution in [2.24, 2.45) is 0 Å². The smallest absolute Gasteiger partial charge is 0.337 e. The molecule has 0 spiro atoms. The fraction of sp³-hybridized carbons (Fsp3) is 0.231. The van der Waals surface area contributed by atoms with Gasteiger partial charge in [-0.3, -0.25) is 0 Å². The first-order valence-electron chi connectivity index (χ1n) is 5.54. The molecule has 1 N–H and O–H groups in total. The van der Waals surface area contributed by atoms with Gasteiger partial charge >= 0.3 is 5.97 Å². The van der Waals surface area contributed by atoms with E-state index in [-0.39, 0.29) is 5.97 Å². The maximum atomic E-state index is 11.2. The highest BCUT2D eigenvalue weighted by molar-refractivity contribution is 7.07. The Bertz CT molecular complexity index is 494. The van der Waals surface area contributed by atoms with Gasteiger partial charge in [0, 0.05) is 18.5 Å². The van der Waals surface area contributed by atoms with E-state index in [1.165, 1.54) is 7.11 Å². The molecule has 1 heterocycles. The molecule has 1 aromatic carbocycles. The number of benzene rings is 1. The Kier molecular flexibility index (Phi) is 4.44. The van der Waals surface area contributed by atoms with Crippen molar-refractivity contribution < 1.29 is 9.53 Å². The Morgan fingerprint density at radius 3 is 2.72 bits per heavy atom. The van der Waals surface area contributed by atoms with Gasteiger partial charge in [-0.2, -0.15) is 0 Å². The lowest BCUT2D eigenvalue weighted by Gasteiger charge is -2.04. The first-order valence-corrected chi connectivity index (χ1v) is 6.49. The number of methoxy groups -OCH3 is 1. The van der Waals surface area contributed by atoms with Gasteiger partial charge in [-0.25, -0.2) is 9.78 Å². The molecule has 1 aromatic heterocycles. The first kappa shape index (κ1) is 12.7. The monoisotopic (exact) mass is 262 g/mol. The second-order valence-corrected chi connectivity index (χ2v) is 4.49. The molecule has 0 fully saturated rings. The molecule has 0 radical (unpaired) electrons. The summed E-state index contributed by atoms with van der Waals surface area (Å²) in [5, 5.41) is 5.32. The number of nitrogens with zero attached hydrogens (tertiary/aromatic N) is 1. The van der Waals surface area contributed by atoms with Crippen LogP contribution in [0.25, 0.3) is 0 Å². The van der Waals surface area contributed by atoms with Crippen molar-refractivity contribution in [3.8, 4) is 0 Å². The van der Waals surface area contributed by atoms with Crippen molar-refractivity contribution >= 4 is 17.3 Å². The molecule has 2 aromatic rings. The number of hydrogen-bond acceptors (Lipinski definition) is 5. The fourth-order valence-electron chi connectivity index (χ4n) is 1.54. The summed E-state index contributed by atoms with van der Waals surface area (Å²) >= 11 is 1.59. The molecular formula is C13H14N2O2S. The van der Waals surface area contributed by atoms with Crippen LogP contribution in [-0.2, 0) is 17.8 Å². The van der Waals surface area contributed by atoms with Crippen LogP contribution in [0.15, 0.2) is 35.2 Å². The highest BCUT2D eigenvalue weighted by atomic mass is 32.1. The fourth-order valence-corrected chi connectivity index (χ4v) is 2.09. The number of hydrogen-bond donors (Lipinski definition) is 1. The number of aromatic nitrogens is 1. The summed E-state index contributed by atoms with van der Waals surface area (Å²) in [5.41, 5.74) is 4.56. The molecule has 0 amide bonds. The second kappa shape index (κ2) is 6.28. The van der Waals surface area contributed by atoms with Crippen LogP contribution in [0.3, 0.4) is 0 Å². The molecular weight excluding hydrogens is 248 g/mol. The van der Waals surface area contributed by atoms with Gasteiger partial charge in [-0.05, 0) is 17.7 Å². The summed E-state index contributed by atoms with van der Waals surface area (Å²) in [5.74, 6) is -0.308. The topological polar surface area (TPSA) is 51.2 Å². The van der Waals surface area contributed by atoms with Gasteiger partial charge in [0.05, 0.1) is 23.9 Å². The van der Waals surface area contributed by atoms with Crippen LogP contribution in [0.4, 0.5) is 0 Å². The van der Waals surface area contributed by atoms with E-state index in [2.05, 4.69) is 15.0 Å². The molecule has 18 heavy (non-hydrogen) atoms. The average Bonchev–Trinajstić information content (AvgIpc) is 2.92. The molecule has 2 rings (SSSR count). The van der Waals surface area contributed by atoms with Crippen LogP contribution in [0.2, 0.25) is 0 Å². The number of rotatable bonds is 5. The normalized spacial score (nSPS) is 10.3. The minimum atomic E-state index is -0.308. The lowest BCUT2D eigenvalue weighted by molar-refractivity contribution is 0.0600. The number of thiazole rings is 1. The van der Waals surface area contributed by atoms with E-state index in [1.54, 1.807) is 23.5 Å². The van der Waals surface area contributed by atoms with Crippen molar-refractivity contribution in [1.82, 2.24) is 10.3 Å². The van der Waals surface area contributed by atoms with Crippen LogP contribution in [0, 0.1) is 0 Å². The molecule has 0 atom stereocenters. The second-order valence-electron chi connectivity index (χ2n) is 3.77. The summed E-state index contributed by atoms with van der Waals surface area (Å²) in [6.45, 7) is 1.50. The van der Waals surface area contributed by atoms with E-state index in [0.29, 0.717) is 5.56 Å². The van der Waals surface area contributed by atoms with E-state index in [9.17, 15) is 4.79 Å². The Balaban J connectivity index is 1.85. The predicted octanol–water partition coefficient (Wildman–Crippen LogP) is 2.22. The third kappa shape index (κ3) is 3.38. The Morgan fingerprint density at radius 1 is 1.33 bits per heavy atom. The van der Waals surface area contributed by atoms with Crippen molar-refractivity contribution in [3.05, 3.63) is 52.0 Å². The van der Waals surface area contributed by atoms with Gasteiger partial charge in [-0.1, -0.05) is 12.1 Å². The zero-order valence-corrected chi connectivity index (χ0v) is 10.9. The number of carbonyl (C=O) groups excluding carboxylic acids is 1. The Hall–Kier alpha value is -1.72. The van der Waals surface area contributed by atoms with Crippen molar-refractivity contribution in [2.75, 3.05) is 7.11 Å². The summed E-state index contributed by atoms with van der Waals surface area (Å²) in [6, 6.07) is 7.37. The van der Waals surface area contributed by atoms with Gasteiger partial charge in [0.1, 0.15) is 0 Å². The first-order chi connectivity index (χ1) is 8.79. The van der Waals surface area contributed by atoms with Crippen LogP contribution < -0.4 is 5.32 Å². The van der Waals surface area contributed by atoms with E-state index in [1.807, 2.05) is 23.0 Å². The van der Waals surface area contributed by atoms with Crippen LogP contribution in [0.1, 0.15) is 21.6 Å². The average molecular weight is 262 g/mol. The van der Waals surface area contributed by atoms with Gasteiger partial charge < -0.3 is 10.1 Å². The molecule has 0 bridgehead atoms. The van der Waals surface area contributed by atoms with Gasteiger partial charge in [-0.15, -0.1) is 11.3 Å². The largest absolute Gasteiger partial charge is 0.465 e. The quantitative estimate of drug-likeness (QED) is 0.839. The van der Waals surface area contributed by atoms with Gasteiger partial charge in [0.2, 0.25) is 0 Å². The van der Waals surface area contributed by atoms with E-state index in [4.69, 9.17) is 0 Å². The minimum absolute atomic E-state index is 0.308. The number of nitrogens with one attached hydrogen (secondary N) is 1. The van der Waals surface area contributed by atoms with Gasteiger partial charge in [0.25, 0.3) is 0 Å². The zero-order valence-electron chi connectivity index (χ0n) is 10.1. The molecule has 0 aliphatic rings. The SMILES string of the molecule is COC(=O)c1ccc(CNCc2cscn2)cc1. The van der Waals surface area contributed by atoms with Crippen molar-refractivity contribution in [3.63, 3.8) is 0 Å². The maximum Gasteiger partial charge on any atom is 0.337 e. The molecule has 5 heteroatoms. The number of carbonyl (C=O) groups is 1. The van der Waals surface area contributed by atoms with Gasteiger partial charge in [0.15, 0.2) is 0 Å². The molecule has 0 aliphatic heterocycles. The molecule has 4 nitrogen and oxygen atoms in total. The highest BCUT2D eigenvalue weighted by Gasteiger charge is 2.04. The standard InChI is InChI=1S/C13H14N2O2S/c1-17-13(16)11-4-2-10(3-5-11)6-14-7-12-8-18-9-15-12/h2-5,8-9,14H,6-7H2,1H3. The maximum absolute atomic E-state index is 11.2. The third-order valence-electron chi connectivity index (χ3n) is 2.49. The molecule has 0 saturated carbocycles. The lowest BCUT2D eigenvalue weighted by atomic mass is 10.1. The Morgan fingerprint density at radius 2 is 2.11 bits per heavy atom. The van der Waals surface area contributed by atoms with Crippen LogP contribution in [-0.4, -0.2) is 18.1 Å². The molecule has 0 saturated heterocycles. The molecule has 0 aliphatic carbocycles. The van der Waals surface area contributed by atoms with Crippen molar-refractivity contribution in [1.29, 1.82) is 0 Å². The number of esters is 1. The third-order valence-corrected chi connectivity index (χ3v) is 3.13. The van der Waals surface area contributed by atoms with E-state index in [0.717, 1.165) is 24.3 Å². The summed E-state index contributed by atoms with van der Waals surface area (Å²) in [6.07, 6.45) is 0. The summed E-state index contributed by atoms with van der Waals surface area (Å²) in [7, 11) is 1.38. The summed E-state index contributed by atoms with van der Waals surface area (Å²) < 4.78 is 4.64.